The van der Waals surface area contributed by atoms with Gasteiger partial charge in [-0.3, -0.25) is 4.90 Å². The third kappa shape index (κ3) is 3.98. The highest BCUT2D eigenvalue weighted by atomic mass is 35.6. The second-order valence-corrected chi connectivity index (χ2v) is 9.73. The molecule has 32 heavy (non-hydrogen) atoms. The summed E-state index contributed by atoms with van der Waals surface area (Å²) in [4.78, 5) is 0.960. The van der Waals surface area contributed by atoms with Crippen LogP contribution in [0.3, 0.4) is 0 Å². The van der Waals surface area contributed by atoms with Crippen molar-refractivity contribution in [3.8, 4) is 23.0 Å². The highest BCUT2D eigenvalue weighted by Crippen LogP contribution is 2.49. The highest BCUT2D eigenvalue weighted by molar-refractivity contribution is 6.68. The number of rotatable bonds is 6. The molecule has 0 aliphatic carbocycles. The Kier molecular flexibility index (Phi) is 6.68. The maximum atomic E-state index is 9.30. The first-order valence-electron chi connectivity index (χ1n) is 9.88. The van der Waals surface area contributed by atoms with Crippen molar-refractivity contribution in [1.82, 2.24) is 0 Å². The van der Waals surface area contributed by atoms with Crippen LogP contribution >= 0.6 is 34.8 Å². The Labute approximate surface area is 200 Å². The molecular formula is C22H23Cl3NO6+. The predicted octanol–water partition coefficient (Wildman–Crippen LogP) is 2.73. The number of benzene rings is 2. The minimum atomic E-state index is -1.63. The maximum absolute atomic E-state index is 9.30. The first-order valence-corrected chi connectivity index (χ1v) is 11.0. The summed E-state index contributed by atoms with van der Waals surface area (Å²) in [6, 6.07) is 6.76. The van der Waals surface area contributed by atoms with Crippen molar-refractivity contribution in [2.45, 2.75) is 16.3 Å². The number of methoxy groups -OCH3 is 2. The molecule has 7 nitrogen and oxygen atoms in total. The van der Waals surface area contributed by atoms with Crippen LogP contribution < -0.4 is 23.8 Å². The number of nitrogens with one attached hydrogen (secondary N) is 1. The van der Waals surface area contributed by atoms with Crippen molar-refractivity contribution in [1.29, 1.82) is 0 Å². The van der Waals surface area contributed by atoms with Gasteiger partial charge >= 0.3 is 0 Å². The summed E-state index contributed by atoms with van der Waals surface area (Å²) in [5, 5.41) is 18.5. The minimum Gasteiger partial charge on any atom is -0.493 e. The van der Waals surface area contributed by atoms with Gasteiger partial charge in [0.05, 0.1) is 26.3 Å². The van der Waals surface area contributed by atoms with E-state index in [4.69, 9.17) is 53.8 Å². The quantitative estimate of drug-likeness (QED) is 0.415. The molecule has 2 atom stereocenters. The minimum absolute atomic E-state index is 0.311. The number of alkyl halides is 3. The first-order chi connectivity index (χ1) is 15.3. The van der Waals surface area contributed by atoms with E-state index >= 15 is 0 Å². The molecule has 10 heteroatoms. The number of aliphatic hydroxyl groups excluding tert-OH is 2. The van der Waals surface area contributed by atoms with E-state index in [1.54, 1.807) is 20.3 Å². The summed E-state index contributed by atoms with van der Waals surface area (Å²) in [5.74, 6) is 1.75. The SMILES string of the molecule is COc1ccc2c(c1OC)C(C(Cl)(Cl)Cl)[NH+]1CCc3cc(OCO)c(OCO)cc3C1=C2. The molecule has 2 unspecified atom stereocenters. The van der Waals surface area contributed by atoms with Crippen LogP contribution in [0.5, 0.6) is 23.0 Å². The molecule has 0 amide bonds. The molecule has 0 saturated carbocycles. The number of hydrogen-bond acceptors (Lipinski definition) is 6. The molecule has 0 saturated heterocycles. The lowest BCUT2D eigenvalue weighted by Gasteiger charge is -2.41. The summed E-state index contributed by atoms with van der Waals surface area (Å²) >= 11 is 19.6. The van der Waals surface area contributed by atoms with Gasteiger partial charge in [0.25, 0.3) is 0 Å². The van der Waals surface area contributed by atoms with Crippen LogP contribution in [0, 0.1) is 0 Å². The molecule has 2 aromatic rings. The van der Waals surface area contributed by atoms with Crippen molar-refractivity contribution in [3.05, 3.63) is 46.5 Å². The third-order valence-electron chi connectivity index (χ3n) is 5.79. The summed E-state index contributed by atoms with van der Waals surface area (Å²) in [5.41, 5.74) is 4.42. The van der Waals surface area contributed by atoms with Gasteiger partial charge in [0.15, 0.2) is 42.6 Å². The van der Waals surface area contributed by atoms with E-state index in [9.17, 15) is 10.2 Å². The Hall–Kier alpha value is -1.87. The Bertz CT molecular complexity index is 1050. The summed E-state index contributed by atoms with van der Waals surface area (Å²) in [7, 11) is 3.13. The number of ether oxygens (including phenoxy) is 4. The standard InChI is InChI=1S/C22H22Cl3NO6/c1-29-16-4-3-13-7-15-14-9-18(32-11-28)17(31-10-27)8-12(14)5-6-26(15)21(22(23,24)25)19(13)20(16)30-2/h3-4,7-9,21,27-28H,5-6,10-11H2,1-2H3/p+1. The van der Waals surface area contributed by atoms with Crippen LogP contribution in [-0.4, -0.2) is 48.4 Å². The molecule has 0 bridgehead atoms. The number of fused-ring (bicyclic) bond motifs is 4. The maximum Gasteiger partial charge on any atom is 0.246 e. The molecule has 2 aromatic carbocycles. The molecule has 0 spiro atoms. The van der Waals surface area contributed by atoms with Crippen LogP contribution in [0.2, 0.25) is 0 Å². The van der Waals surface area contributed by atoms with E-state index in [2.05, 4.69) is 0 Å². The Morgan fingerprint density at radius 3 is 2.28 bits per heavy atom. The Morgan fingerprint density at radius 2 is 1.69 bits per heavy atom. The molecule has 0 fully saturated rings. The molecule has 4 rings (SSSR count). The lowest BCUT2D eigenvalue weighted by atomic mass is 9.86. The second-order valence-electron chi connectivity index (χ2n) is 7.36. The third-order valence-corrected chi connectivity index (χ3v) is 6.45. The second kappa shape index (κ2) is 9.17. The van der Waals surface area contributed by atoms with E-state index in [1.807, 2.05) is 24.3 Å². The van der Waals surface area contributed by atoms with Gasteiger partial charge in [-0.25, -0.2) is 0 Å². The average molecular weight is 504 g/mol. The van der Waals surface area contributed by atoms with E-state index in [-0.39, 0.29) is 0 Å². The molecule has 172 valence electrons. The van der Waals surface area contributed by atoms with Gasteiger partial charge in [0.1, 0.15) is 5.70 Å². The van der Waals surface area contributed by atoms with Gasteiger partial charge < -0.3 is 29.2 Å². The van der Waals surface area contributed by atoms with Crippen molar-refractivity contribution in [2.75, 3.05) is 34.4 Å². The number of halogens is 3. The predicted molar refractivity (Wildman–Crippen MR) is 122 cm³/mol. The fourth-order valence-corrected chi connectivity index (χ4v) is 5.27. The van der Waals surface area contributed by atoms with Crippen LogP contribution in [-0.2, 0) is 6.42 Å². The first kappa shape index (κ1) is 23.3. The lowest BCUT2D eigenvalue weighted by Crippen LogP contribution is -3.12. The smallest absolute Gasteiger partial charge is 0.246 e. The number of aliphatic hydroxyl groups is 2. The van der Waals surface area contributed by atoms with Gasteiger partial charge in [-0.15, -0.1) is 0 Å². The van der Waals surface area contributed by atoms with Crippen LogP contribution in [0.15, 0.2) is 24.3 Å². The Morgan fingerprint density at radius 1 is 1.00 bits per heavy atom. The zero-order valence-corrected chi connectivity index (χ0v) is 19.7. The fourth-order valence-electron chi connectivity index (χ4n) is 4.55. The zero-order valence-electron chi connectivity index (χ0n) is 17.5. The largest absolute Gasteiger partial charge is 0.493 e. The normalized spacial score (nSPS) is 19.3. The number of hydrogen-bond donors (Lipinski definition) is 3. The monoisotopic (exact) mass is 502 g/mol. The van der Waals surface area contributed by atoms with Gasteiger partial charge in [-0.1, -0.05) is 40.9 Å². The van der Waals surface area contributed by atoms with Crippen molar-refractivity contribution in [3.63, 3.8) is 0 Å². The average Bonchev–Trinajstić information content (AvgIpc) is 2.76. The lowest BCUT2D eigenvalue weighted by molar-refractivity contribution is -0.861. The molecule has 0 aromatic heterocycles. The van der Waals surface area contributed by atoms with E-state index in [1.165, 1.54) is 0 Å². The molecule has 2 aliphatic rings. The van der Waals surface area contributed by atoms with Crippen molar-refractivity contribution in [2.24, 2.45) is 0 Å². The summed E-state index contributed by atoms with van der Waals surface area (Å²) in [6.07, 6.45) is 2.70. The van der Waals surface area contributed by atoms with E-state index < -0.39 is 23.4 Å². The van der Waals surface area contributed by atoms with Gasteiger partial charge in [-0.05, 0) is 29.3 Å². The molecule has 0 radical (unpaired) electrons. The zero-order chi connectivity index (χ0) is 23.0. The molecule has 2 heterocycles. The summed E-state index contributed by atoms with van der Waals surface area (Å²) in [6.45, 7) is -0.395. The fraction of sp³-hybridized carbons (Fsp3) is 0.364. The van der Waals surface area contributed by atoms with Crippen LogP contribution in [0.1, 0.15) is 28.3 Å². The van der Waals surface area contributed by atoms with Gasteiger partial charge in [0, 0.05) is 18.1 Å². The van der Waals surface area contributed by atoms with Crippen molar-refractivity contribution < 1.29 is 34.1 Å². The molecule has 3 N–H and O–H groups in total. The van der Waals surface area contributed by atoms with E-state index in [0.717, 1.165) is 32.9 Å². The van der Waals surface area contributed by atoms with E-state index in [0.29, 0.717) is 36.0 Å². The van der Waals surface area contributed by atoms with Crippen LogP contribution in [0.4, 0.5) is 0 Å². The topological polar surface area (TPSA) is 81.8 Å². The van der Waals surface area contributed by atoms with Crippen molar-refractivity contribution >= 4 is 46.6 Å². The summed E-state index contributed by atoms with van der Waals surface area (Å²) < 4.78 is 20.1. The highest BCUT2D eigenvalue weighted by Gasteiger charge is 2.50. The van der Waals surface area contributed by atoms with Gasteiger partial charge in [-0.2, -0.15) is 0 Å². The van der Waals surface area contributed by atoms with Crippen LogP contribution in [0.25, 0.3) is 11.8 Å². The molecular weight excluding hydrogens is 481 g/mol. The molecule has 2 aliphatic heterocycles. The number of quaternary nitrogens is 1. The Balaban J connectivity index is 1.95. The van der Waals surface area contributed by atoms with Gasteiger partial charge in [0.2, 0.25) is 3.79 Å².